The molecule has 0 spiro atoms. The van der Waals surface area contributed by atoms with E-state index in [4.69, 9.17) is 25.8 Å². The molecule has 2 aromatic rings. The second kappa shape index (κ2) is 7.93. The average Bonchev–Trinajstić information content (AvgIpc) is 2.98. The molecule has 7 heteroatoms. The van der Waals surface area contributed by atoms with Crippen molar-refractivity contribution in [2.75, 3.05) is 13.7 Å². The van der Waals surface area contributed by atoms with Crippen LogP contribution in [0.15, 0.2) is 51.6 Å². The standard InChI is InChI=1S/C19H15BrClNO4/c1-3-25-17-13(20)8-11(10-16(17)24-2)9-15-19(23)26-18(22-15)12-6-4-5-7-14(12)21/h4-10H,3H2,1-2H3/b15-9-. The zero-order chi connectivity index (χ0) is 18.7. The van der Waals surface area contributed by atoms with Crippen molar-refractivity contribution < 1.29 is 19.0 Å². The lowest BCUT2D eigenvalue weighted by atomic mass is 10.1. The van der Waals surface area contributed by atoms with Crippen LogP contribution in [-0.4, -0.2) is 25.6 Å². The van der Waals surface area contributed by atoms with Crippen LogP contribution in [0, 0.1) is 0 Å². The number of benzene rings is 2. The van der Waals surface area contributed by atoms with Crippen molar-refractivity contribution in [2.24, 2.45) is 4.99 Å². The van der Waals surface area contributed by atoms with Gasteiger partial charge in [-0.05, 0) is 58.8 Å². The highest BCUT2D eigenvalue weighted by molar-refractivity contribution is 9.10. The van der Waals surface area contributed by atoms with Gasteiger partial charge < -0.3 is 14.2 Å². The first-order valence-electron chi connectivity index (χ1n) is 7.81. The maximum Gasteiger partial charge on any atom is 0.363 e. The number of rotatable bonds is 5. The van der Waals surface area contributed by atoms with Crippen molar-refractivity contribution in [3.05, 3.63) is 62.7 Å². The van der Waals surface area contributed by atoms with Crippen molar-refractivity contribution >= 4 is 45.5 Å². The summed E-state index contributed by atoms with van der Waals surface area (Å²) in [5, 5.41) is 0.464. The van der Waals surface area contributed by atoms with E-state index in [1.54, 1.807) is 43.5 Å². The van der Waals surface area contributed by atoms with Crippen molar-refractivity contribution in [3.8, 4) is 11.5 Å². The van der Waals surface area contributed by atoms with Gasteiger partial charge in [0.15, 0.2) is 17.2 Å². The van der Waals surface area contributed by atoms with E-state index in [0.717, 1.165) is 0 Å². The molecule has 1 aliphatic rings. The summed E-state index contributed by atoms with van der Waals surface area (Å²) in [6, 6.07) is 10.6. The van der Waals surface area contributed by atoms with Gasteiger partial charge in [-0.1, -0.05) is 23.7 Å². The Labute approximate surface area is 164 Å². The third-order valence-electron chi connectivity index (χ3n) is 3.57. The number of aliphatic imine (C=N–C) groups is 1. The van der Waals surface area contributed by atoms with Gasteiger partial charge in [-0.15, -0.1) is 0 Å². The summed E-state index contributed by atoms with van der Waals surface area (Å²) in [6.07, 6.45) is 1.62. The Morgan fingerprint density at radius 1 is 1.31 bits per heavy atom. The molecule has 1 heterocycles. The highest BCUT2D eigenvalue weighted by Gasteiger charge is 2.25. The summed E-state index contributed by atoms with van der Waals surface area (Å²) in [7, 11) is 1.55. The third kappa shape index (κ3) is 3.76. The summed E-state index contributed by atoms with van der Waals surface area (Å²) in [5.41, 5.74) is 1.46. The van der Waals surface area contributed by atoms with E-state index in [0.29, 0.717) is 38.7 Å². The van der Waals surface area contributed by atoms with Gasteiger partial charge in [-0.3, -0.25) is 0 Å². The molecule has 0 saturated carbocycles. The quantitative estimate of drug-likeness (QED) is 0.496. The number of carbonyl (C=O) groups is 1. The van der Waals surface area contributed by atoms with Crippen LogP contribution < -0.4 is 9.47 Å². The predicted molar refractivity (Wildman–Crippen MR) is 104 cm³/mol. The molecule has 1 aliphatic heterocycles. The van der Waals surface area contributed by atoms with E-state index in [9.17, 15) is 4.79 Å². The van der Waals surface area contributed by atoms with Gasteiger partial charge in [-0.2, -0.15) is 0 Å². The van der Waals surface area contributed by atoms with Gasteiger partial charge in [0.1, 0.15) is 0 Å². The summed E-state index contributed by atoms with van der Waals surface area (Å²) < 4.78 is 16.9. The molecule has 0 N–H and O–H groups in total. The van der Waals surface area contributed by atoms with E-state index >= 15 is 0 Å². The second-order valence-electron chi connectivity index (χ2n) is 5.28. The number of ether oxygens (including phenoxy) is 3. The van der Waals surface area contributed by atoms with Gasteiger partial charge in [0.25, 0.3) is 0 Å². The number of nitrogens with zero attached hydrogens (tertiary/aromatic N) is 1. The first-order chi connectivity index (χ1) is 12.5. The molecule has 0 fully saturated rings. The van der Waals surface area contributed by atoms with Crippen LogP contribution in [0.1, 0.15) is 18.1 Å². The Bertz CT molecular complexity index is 924. The predicted octanol–water partition coefficient (Wildman–Crippen LogP) is 4.85. The number of cyclic esters (lactones) is 1. The van der Waals surface area contributed by atoms with Crippen LogP contribution in [0.3, 0.4) is 0 Å². The zero-order valence-corrected chi connectivity index (χ0v) is 16.4. The molecule has 0 unspecified atom stereocenters. The van der Waals surface area contributed by atoms with Crippen molar-refractivity contribution in [1.29, 1.82) is 0 Å². The Kier molecular flexibility index (Phi) is 5.64. The number of methoxy groups -OCH3 is 1. The minimum Gasteiger partial charge on any atom is -0.493 e. The lowest BCUT2D eigenvalue weighted by Gasteiger charge is -2.12. The molecule has 134 valence electrons. The molecule has 0 aliphatic carbocycles. The first kappa shape index (κ1) is 18.5. The van der Waals surface area contributed by atoms with Crippen LogP contribution in [-0.2, 0) is 9.53 Å². The first-order valence-corrected chi connectivity index (χ1v) is 8.98. The molecule has 2 aromatic carbocycles. The molecule has 3 rings (SSSR count). The smallest absolute Gasteiger partial charge is 0.363 e. The minimum absolute atomic E-state index is 0.179. The number of esters is 1. The Morgan fingerprint density at radius 2 is 2.08 bits per heavy atom. The van der Waals surface area contributed by atoms with Crippen LogP contribution in [0.4, 0.5) is 0 Å². The minimum atomic E-state index is -0.538. The molecule has 0 bridgehead atoms. The van der Waals surface area contributed by atoms with Crippen molar-refractivity contribution in [3.63, 3.8) is 0 Å². The number of carbonyl (C=O) groups excluding carboxylic acids is 1. The lowest BCUT2D eigenvalue weighted by Crippen LogP contribution is -2.05. The third-order valence-corrected chi connectivity index (χ3v) is 4.49. The number of hydrogen-bond acceptors (Lipinski definition) is 5. The fourth-order valence-electron chi connectivity index (χ4n) is 2.42. The zero-order valence-electron chi connectivity index (χ0n) is 14.1. The van der Waals surface area contributed by atoms with Crippen LogP contribution in [0.25, 0.3) is 6.08 Å². The molecule has 0 radical (unpaired) electrons. The van der Waals surface area contributed by atoms with E-state index < -0.39 is 5.97 Å². The topological polar surface area (TPSA) is 57.1 Å². The summed E-state index contributed by atoms with van der Waals surface area (Å²) in [4.78, 5) is 16.4. The molecule has 26 heavy (non-hydrogen) atoms. The molecule has 0 saturated heterocycles. The van der Waals surface area contributed by atoms with E-state index in [1.165, 1.54) is 0 Å². The molecule has 5 nitrogen and oxygen atoms in total. The lowest BCUT2D eigenvalue weighted by molar-refractivity contribution is -0.129. The maximum absolute atomic E-state index is 12.2. The molecule has 0 amide bonds. The van der Waals surface area contributed by atoms with E-state index in [-0.39, 0.29) is 11.6 Å². The SMILES string of the molecule is CCOc1c(Br)cc(/C=C2\N=C(c3ccccc3Cl)OC2=O)cc1OC. The molecule has 0 aromatic heterocycles. The fourth-order valence-corrected chi connectivity index (χ4v) is 3.22. The van der Waals surface area contributed by atoms with Gasteiger partial charge >= 0.3 is 5.97 Å². The van der Waals surface area contributed by atoms with E-state index in [1.807, 2.05) is 13.0 Å². The maximum atomic E-state index is 12.2. The van der Waals surface area contributed by atoms with Gasteiger partial charge in [0.05, 0.1) is 28.8 Å². The Balaban J connectivity index is 1.98. The summed E-state index contributed by atoms with van der Waals surface area (Å²) in [5.74, 6) is 0.800. The Morgan fingerprint density at radius 3 is 2.77 bits per heavy atom. The van der Waals surface area contributed by atoms with Gasteiger partial charge in [-0.25, -0.2) is 9.79 Å². The second-order valence-corrected chi connectivity index (χ2v) is 6.54. The highest BCUT2D eigenvalue weighted by Crippen LogP contribution is 2.37. The van der Waals surface area contributed by atoms with Gasteiger partial charge in [0.2, 0.25) is 5.90 Å². The van der Waals surface area contributed by atoms with Crippen molar-refractivity contribution in [1.82, 2.24) is 0 Å². The molecule has 0 atom stereocenters. The summed E-state index contributed by atoms with van der Waals surface area (Å²) in [6.45, 7) is 2.40. The van der Waals surface area contributed by atoms with Crippen LogP contribution in [0.2, 0.25) is 5.02 Å². The highest BCUT2D eigenvalue weighted by atomic mass is 79.9. The largest absolute Gasteiger partial charge is 0.493 e. The van der Waals surface area contributed by atoms with Crippen LogP contribution >= 0.6 is 27.5 Å². The fraction of sp³-hybridized carbons (Fsp3) is 0.158. The van der Waals surface area contributed by atoms with E-state index in [2.05, 4.69) is 20.9 Å². The molecular weight excluding hydrogens is 422 g/mol. The monoisotopic (exact) mass is 435 g/mol. The van der Waals surface area contributed by atoms with Crippen molar-refractivity contribution in [2.45, 2.75) is 6.92 Å². The normalized spacial score (nSPS) is 15.0. The summed E-state index contributed by atoms with van der Waals surface area (Å²) >= 11 is 9.60. The van der Waals surface area contributed by atoms with Gasteiger partial charge in [0, 0.05) is 0 Å². The average molecular weight is 437 g/mol. The Hall–Kier alpha value is -2.31. The van der Waals surface area contributed by atoms with Crippen LogP contribution in [0.5, 0.6) is 11.5 Å². The number of hydrogen-bond donors (Lipinski definition) is 0. The molecular formula is C19H15BrClNO4. The number of halogens is 2.